The molecule has 0 N–H and O–H groups in total. The van der Waals surface area contributed by atoms with Crippen LogP contribution in [0, 0.1) is 6.92 Å². The Morgan fingerprint density at radius 1 is 1.29 bits per heavy atom. The Balaban J connectivity index is 3.06. The van der Waals surface area contributed by atoms with E-state index >= 15 is 0 Å². The van der Waals surface area contributed by atoms with Gasteiger partial charge in [0.25, 0.3) is 0 Å². The van der Waals surface area contributed by atoms with Crippen molar-refractivity contribution in [3.8, 4) is 0 Å². The Bertz CT molecular complexity index is 488. The zero-order chi connectivity index (χ0) is 13.1. The number of ether oxygens (including phenoxy) is 1. The molecule has 0 aromatic heterocycles. The smallest absolute Gasteiger partial charge is 0.314 e. The molecule has 0 radical (unpaired) electrons. The second-order valence-electron chi connectivity index (χ2n) is 4.08. The Hall–Kier alpha value is -1.36. The highest BCUT2D eigenvalue weighted by molar-refractivity contribution is 7.90. The van der Waals surface area contributed by atoms with Crippen molar-refractivity contribution in [3.05, 3.63) is 35.4 Å². The number of sulfone groups is 1. The Labute approximate surface area is 102 Å². The standard InChI is InChI=1S/C12H16O4S/c1-9-4-6-10(7-5-9)11(12(13)16-2)8-17(3,14)15/h4-7,11H,8H2,1-3H3. The van der Waals surface area contributed by atoms with E-state index in [1.165, 1.54) is 7.11 Å². The molecular formula is C12H16O4S. The van der Waals surface area contributed by atoms with Gasteiger partial charge in [0.15, 0.2) is 0 Å². The van der Waals surface area contributed by atoms with Crippen molar-refractivity contribution < 1.29 is 17.9 Å². The van der Waals surface area contributed by atoms with Crippen LogP contribution in [0.3, 0.4) is 0 Å². The molecule has 0 bridgehead atoms. The molecule has 0 amide bonds. The third-order valence-electron chi connectivity index (χ3n) is 2.43. The fourth-order valence-electron chi connectivity index (χ4n) is 1.54. The molecule has 0 spiro atoms. The minimum Gasteiger partial charge on any atom is -0.469 e. The summed E-state index contributed by atoms with van der Waals surface area (Å²) in [5, 5.41) is 0. The molecule has 1 atom stereocenters. The maximum absolute atomic E-state index is 11.6. The zero-order valence-corrected chi connectivity index (χ0v) is 11.0. The number of aryl methyl sites for hydroxylation is 1. The quantitative estimate of drug-likeness (QED) is 0.762. The third kappa shape index (κ3) is 4.19. The second-order valence-corrected chi connectivity index (χ2v) is 6.26. The summed E-state index contributed by atoms with van der Waals surface area (Å²) in [4.78, 5) is 11.6. The van der Waals surface area contributed by atoms with Gasteiger partial charge >= 0.3 is 5.97 Å². The van der Waals surface area contributed by atoms with Crippen molar-refractivity contribution in [2.75, 3.05) is 19.1 Å². The molecule has 0 aliphatic heterocycles. The lowest BCUT2D eigenvalue weighted by atomic mass is 10.0. The van der Waals surface area contributed by atoms with Gasteiger partial charge in [-0.1, -0.05) is 29.8 Å². The van der Waals surface area contributed by atoms with Gasteiger partial charge in [-0.3, -0.25) is 4.79 Å². The molecule has 0 saturated carbocycles. The van der Waals surface area contributed by atoms with Gasteiger partial charge < -0.3 is 4.74 Å². The maximum Gasteiger partial charge on any atom is 0.314 e. The van der Waals surface area contributed by atoms with E-state index < -0.39 is 21.7 Å². The van der Waals surface area contributed by atoms with Crippen LogP contribution in [0.4, 0.5) is 0 Å². The van der Waals surface area contributed by atoms with Crippen LogP contribution in [0.2, 0.25) is 0 Å². The van der Waals surface area contributed by atoms with Crippen molar-refractivity contribution in [1.82, 2.24) is 0 Å². The largest absolute Gasteiger partial charge is 0.469 e. The highest BCUT2D eigenvalue weighted by Crippen LogP contribution is 2.19. The lowest BCUT2D eigenvalue weighted by Gasteiger charge is -2.14. The fourth-order valence-corrected chi connectivity index (χ4v) is 2.48. The van der Waals surface area contributed by atoms with Gasteiger partial charge in [-0.05, 0) is 12.5 Å². The Morgan fingerprint density at radius 3 is 2.24 bits per heavy atom. The van der Waals surface area contributed by atoms with E-state index in [0.717, 1.165) is 11.8 Å². The first-order chi connectivity index (χ1) is 7.83. The SMILES string of the molecule is COC(=O)C(CS(C)(=O)=O)c1ccc(C)cc1. The molecule has 4 nitrogen and oxygen atoms in total. The zero-order valence-electron chi connectivity index (χ0n) is 10.1. The van der Waals surface area contributed by atoms with Gasteiger partial charge in [-0.25, -0.2) is 8.42 Å². The molecule has 0 aliphatic carbocycles. The van der Waals surface area contributed by atoms with Crippen LogP contribution < -0.4 is 0 Å². The lowest BCUT2D eigenvalue weighted by Crippen LogP contribution is -2.22. The molecule has 0 saturated heterocycles. The minimum absolute atomic E-state index is 0.233. The van der Waals surface area contributed by atoms with Crippen LogP contribution in [-0.4, -0.2) is 33.5 Å². The number of carbonyl (C=O) groups excluding carboxylic acids is 1. The average Bonchev–Trinajstić information content (AvgIpc) is 2.25. The van der Waals surface area contributed by atoms with E-state index in [-0.39, 0.29) is 5.75 Å². The molecule has 1 rings (SSSR count). The van der Waals surface area contributed by atoms with Crippen molar-refractivity contribution in [1.29, 1.82) is 0 Å². The van der Waals surface area contributed by atoms with Crippen LogP contribution >= 0.6 is 0 Å². The number of esters is 1. The molecule has 5 heteroatoms. The molecule has 0 aliphatic rings. The number of methoxy groups -OCH3 is 1. The van der Waals surface area contributed by atoms with Crippen molar-refractivity contribution in [3.63, 3.8) is 0 Å². The van der Waals surface area contributed by atoms with Crippen molar-refractivity contribution in [2.45, 2.75) is 12.8 Å². The highest BCUT2D eigenvalue weighted by atomic mass is 32.2. The van der Waals surface area contributed by atoms with Gasteiger partial charge in [0.2, 0.25) is 0 Å². The van der Waals surface area contributed by atoms with E-state index in [0.29, 0.717) is 5.56 Å². The summed E-state index contributed by atoms with van der Waals surface area (Å²) in [6.07, 6.45) is 1.11. The summed E-state index contributed by atoms with van der Waals surface area (Å²) in [7, 11) is -1.98. The van der Waals surface area contributed by atoms with Crippen LogP contribution in [0.15, 0.2) is 24.3 Å². The normalized spacial score (nSPS) is 13.1. The molecule has 1 aromatic carbocycles. The molecule has 17 heavy (non-hydrogen) atoms. The summed E-state index contributed by atoms with van der Waals surface area (Å²) < 4.78 is 27.2. The number of rotatable bonds is 4. The summed E-state index contributed by atoms with van der Waals surface area (Å²) in [6.45, 7) is 1.92. The summed E-state index contributed by atoms with van der Waals surface area (Å²) >= 11 is 0. The Kier molecular flexibility index (Phi) is 4.28. The molecule has 0 heterocycles. The van der Waals surface area contributed by atoms with E-state index in [1.807, 2.05) is 19.1 Å². The first-order valence-electron chi connectivity index (χ1n) is 5.15. The monoisotopic (exact) mass is 256 g/mol. The molecule has 94 valence electrons. The van der Waals surface area contributed by atoms with Crippen LogP contribution in [0.5, 0.6) is 0 Å². The van der Waals surface area contributed by atoms with Gasteiger partial charge in [0, 0.05) is 6.26 Å². The maximum atomic E-state index is 11.6. The number of carbonyl (C=O) groups is 1. The lowest BCUT2D eigenvalue weighted by molar-refractivity contribution is -0.141. The Morgan fingerprint density at radius 2 is 1.82 bits per heavy atom. The number of hydrogen-bond donors (Lipinski definition) is 0. The van der Waals surface area contributed by atoms with Crippen molar-refractivity contribution >= 4 is 15.8 Å². The first-order valence-corrected chi connectivity index (χ1v) is 7.21. The van der Waals surface area contributed by atoms with E-state index in [4.69, 9.17) is 0 Å². The summed E-state index contributed by atoms with van der Waals surface area (Å²) in [5.41, 5.74) is 1.71. The number of hydrogen-bond acceptors (Lipinski definition) is 4. The molecule has 1 unspecified atom stereocenters. The van der Waals surface area contributed by atoms with Crippen LogP contribution in [0.1, 0.15) is 17.0 Å². The fraction of sp³-hybridized carbons (Fsp3) is 0.417. The predicted molar refractivity (Wildman–Crippen MR) is 65.6 cm³/mol. The van der Waals surface area contributed by atoms with E-state index in [2.05, 4.69) is 4.74 Å². The summed E-state index contributed by atoms with van der Waals surface area (Å²) in [6, 6.07) is 7.19. The van der Waals surface area contributed by atoms with Gasteiger partial charge in [-0.15, -0.1) is 0 Å². The molecular weight excluding hydrogens is 240 g/mol. The van der Waals surface area contributed by atoms with Gasteiger partial charge in [0.1, 0.15) is 9.84 Å². The van der Waals surface area contributed by atoms with Gasteiger partial charge in [-0.2, -0.15) is 0 Å². The predicted octanol–water partition coefficient (Wildman–Crippen LogP) is 1.30. The van der Waals surface area contributed by atoms with Gasteiger partial charge in [0.05, 0.1) is 18.8 Å². The number of benzene rings is 1. The van der Waals surface area contributed by atoms with Crippen LogP contribution in [-0.2, 0) is 19.4 Å². The third-order valence-corrected chi connectivity index (χ3v) is 3.37. The molecule has 0 fully saturated rings. The van der Waals surface area contributed by atoms with E-state index in [1.54, 1.807) is 12.1 Å². The second kappa shape index (κ2) is 5.31. The topological polar surface area (TPSA) is 60.4 Å². The molecule has 1 aromatic rings. The van der Waals surface area contributed by atoms with E-state index in [9.17, 15) is 13.2 Å². The average molecular weight is 256 g/mol. The highest BCUT2D eigenvalue weighted by Gasteiger charge is 2.25. The summed E-state index contributed by atoms with van der Waals surface area (Å²) in [5.74, 6) is -1.52. The van der Waals surface area contributed by atoms with Crippen molar-refractivity contribution in [2.24, 2.45) is 0 Å². The first kappa shape index (κ1) is 13.7. The minimum atomic E-state index is -3.24. The van der Waals surface area contributed by atoms with Crippen LogP contribution in [0.25, 0.3) is 0 Å².